The van der Waals surface area contributed by atoms with E-state index in [4.69, 9.17) is 23.7 Å². The second kappa shape index (κ2) is 23.0. The average Bonchev–Trinajstić information content (AvgIpc) is 4.01. The number of ether oxygens (including phenoxy) is 5. The molecule has 0 spiro atoms. The number of hydrogen-bond acceptors (Lipinski definition) is 13. The Labute approximate surface area is 398 Å². The summed E-state index contributed by atoms with van der Waals surface area (Å²) < 4.78 is 43.6. The molecule has 2 aromatic heterocycles. The van der Waals surface area contributed by atoms with Crippen LogP contribution in [0.5, 0.6) is 23.0 Å². The number of phenolic OH excluding ortho intramolecular Hbond substituents is 1. The van der Waals surface area contributed by atoms with E-state index >= 15 is 0 Å². The third-order valence-electron chi connectivity index (χ3n) is 11.5. The van der Waals surface area contributed by atoms with E-state index in [2.05, 4.69) is 15.6 Å². The lowest BCUT2D eigenvalue weighted by atomic mass is 9.86. The summed E-state index contributed by atoms with van der Waals surface area (Å²) in [7, 11) is 0. The van der Waals surface area contributed by atoms with Crippen LogP contribution in [0.3, 0.4) is 0 Å². The fourth-order valence-corrected chi connectivity index (χ4v) is 9.73. The minimum absolute atomic E-state index is 0.143. The minimum atomic E-state index is -0.651. The van der Waals surface area contributed by atoms with Gasteiger partial charge in [-0.3, -0.25) is 14.5 Å². The molecule has 4 aromatic carbocycles. The molecule has 13 nitrogen and oxygen atoms in total. The SMILES string of the molecule is Cc1ncsc1-c1ccc([C@H](C)NC(=O)[C@@H]2C[C@@H](O)CN2C[C@@H](NC(=O)COCCOCCOCCOc2ccc(Oc3c(-c4ccc(F)cc4)sc4cc(O)ccc34)cc2)C(C)(C)C)cc1. The molecule has 16 heteroatoms. The van der Waals surface area contributed by atoms with Gasteiger partial charge >= 0.3 is 0 Å². The number of likely N-dealkylation sites (tertiary alicyclic amines) is 1. The van der Waals surface area contributed by atoms with Crippen molar-refractivity contribution in [1.82, 2.24) is 20.5 Å². The summed E-state index contributed by atoms with van der Waals surface area (Å²) in [5, 5.41) is 27.8. The van der Waals surface area contributed by atoms with Gasteiger partial charge in [-0.25, -0.2) is 9.37 Å². The Morgan fingerprint density at radius 1 is 0.851 bits per heavy atom. The van der Waals surface area contributed by atoms with Gasteiger partial charge in [0.1, 0.15) is 36.3 Å². The number of hydrogen-bond donors (Lipinski definition) is 4. The molecule has 1 fully saturated rings. The van der Waals surface area contributed by atoms with Crippen LogP contribution in [0.25, 0.3) is 31.0 Å². The van der Waals surface area contributed by atoms with Crippen LogP contribution in [0.4, 0.5) is 4.39 Å². The topological polar surface area (TPSA) is 161 Å². The number of carbonyl (C=O) groups is 2. The standard InChI is InChI=1S/C51H59FN4O9S2/c1-32(34-6-8-35(9-7-34)48-33(2)53-31-66-48)54-50(60)43-26-39(58)28-56(43)29-45(51(3,4)5)55-46(59)30-63-23-22-61-20-21-62-24-25-64-40-15-17-41(18-16-40)65-47-42-19-14-38(57)27-44(42)67-49(47)36-10-12-37(52)13-11-36/h6-19,27,31-32,39,43,45,57-58H,20-26,28-30H2,1-5H3,(H,54,60)(H,55,59)/t32-,39+,43-,45+/m0/s1. The Bertz CT molecular complexity index is 2550. The van der Waals surface area contributed by atoms with E-state index in [9.17, 15) is 24.2 Å². The molecule has 67 heavy (non-hydrogen) atoms. The van der Waals surface area contributed by atoms with Crippen molar-refractivity contribution >= 4 is 44.6 Å². The highest BCUT2D eigenvalue weighted by Gasteiger charge is 2.39. The van der Waals surface area contributed by atoms with Crippen LogP contribution < -0.4 is 20.1 Å². The number of aliphatic hydroxyl groups is 1. The summed E-state index contributed by atoms with van der Waals surface area (Å²) in [6, 6.07) is 25.6. The molecule has 3 heterocycles. The van der Waals surface area contributed by atoms with Gasteiger partial charge in [0.15, 0.2) is 5.75 Å². The van der Waals surface area contributed by atoms with Crippen molar-refractivity contribution in [2.24, 2.45) is 5.41 Å². The number of rotatable bonds is 22. The average molecular weight is 955 g/mol. The first kappa shape index (κ1) is 49.4. The van der Waals surface area contributed by atoms with E-state index in [-0.39, 0.29) is 60.7 Å². The van der Waals surface area contributed by atoms with Crippen LogP contribution in [0.1, 0.15) is 51.4 Å². The summed E-state index contributed by atoms with van der Waals surface area (Å²) in [5.41, 5.74) is 5.37. The smallest absolute Gasteiger partial charge is 0.246 e. The van der Waals surface area contributed by atoms with E-state index in [0.29, 0.717) is 63.2 Å². The van der Waals surface area contributed by atoms with Crippen molar-refractivity contribution in [3.05, 3.63) is 114 Å². The molecule has 4 N–H and O–H groups in total. The molecule has 0 bridgehead atoms. The molecule has 1 aliphatic rings. The maximum Gasteiger partial charge on any atom is 0.246 e. The lowest BCUT2D eigenvalue weighted by molar-refractivity contribution is -0.128. The predicted octanol–water partition coefficient (Wildman–Crippen LogP) is 8.91. The summed E-state index contributed by atoms with van der Waals surface area (Å²) in [6.07, 6.45) is -0.338. The largest absolute Gasteiger partial charge is 0.508 e. The number of aromatic nitrogens is 1. The zero-order valence-corrected chi connectivity index (χ0v) is 40.1. The Morgan fingerprint density at radius 2 is 1.49 bits per heavy atom. The fraction of sp³-hybridized carbons (Fsp3) is 0.392. The van der Waals surface area contributed by atoms with Gasteiger partial charge in [0.25, 0.3) is 0 Å². The lowest BCUT2D eigenvalue weighted by Crippen LogP contribution is -2.54. The molecule has 1 saturated heterocycles. The number of carbonyl (C=O) groups excluding carboxylic acids is 2. The third-order valence-corrected chi connectivity index (χ3v) is 13.7. The molecule has 2 amide bonds. The van der Waals surface area contributed by atoms with Gasteiger partial charge in [-0.05, 0) is 97.0 Å². The van der Waals surface area contributed by atoms with Crippen LogP contribution in [-0.4, -0.2) is 109 Å². The highest BCUT2D eigenvalue weighted by molar-refractivity contribution is 7.22. The first-order chi connectivity index (χ1) is 32.2. The summed E-state index contributed by atoms with van der Waals surface area (Å²) in [6.45, 7) is 12.5. The van der Waals surface area contributed by atoms with Crippen LogP contribution >= 0.6 is 22.7 Å². The number of nitrogens with zero attached hydrogens (tertiary/aromatic N) is 2. The number of halogens is 1. The monoisotopic (exact) mass is 954 g/mol. The van der Waals surface area contributed by atoms with Crippen molar-refractivity contribution in [3.63, 3.8) is 0 Å². The molecule has 0 radical (unpaired) electrons. The summed E-state index contributed by atoms with van der Waals surface area (Å²) in [4.78, 5) is 34.9. The van der Waals surface area contributed by atoms with E-state index in [0.717, 1.165) is 42.2 Å². The number of aryl methyl sites for hydroxylation is 1. The molecule has 0 aliphatic carbocycles. The minimum Gasteiger partial charge on any atom is -0.508 e. The first-order valence-electron chi connectivity index (χ1n) is 22.4. The molecular weight excluding hydrogens is 896 g/mol. The number of aromatic hydroxyl groups is 1. The Hall–Kier alpha value is -5.46. The van der Waals surface area contributed by atoms with E-state index in [1.165, 1.54) is 23.5 Å². The number of amides is 2. The molecular formula is C51H59FN4O9S2. The summed E-state index contributed by atoms with van der Waals surface area (Å²) in [5.74, 6) is 1.27. The number of nitrogens with one attached hydrogen (secondary N) is 2. The number of fused-ring (bicyclic) bond motifs is 1. The second-order valence-electron chi connectivity index (χ2n) is 17.6. The summed E-state index contributed by atoms with van der Waals surface area (Å²) >= 11 is 3.06. The highest BCUT2D eigenvalue weighted by atomic mass is 32.1. The van der Waals surface area contributed by atoms with Crippen molar-refractivity contribution in [1.29, 1.82) is 0 Å². The third kappa shape index (κ3) is 13.6. The van der Waals surface area contributed by atoms with Crippen LogP contribution in [-0.2, 0) is 23.8 Å². The zero-order chi connectivity index (χ0) is 47.5. The number of benzene rings is 4. The number of phenols is 1. The van der Waals surface area contributed by atoms with Gasteiger partial charge in [-0.1, -0.05) is 57.2 Å². The molecule has 4 atom stereocenters. The van der Waals surface area contributed by atoms with Crippen LogP contribution in [0.2, 0.25) is 0 Å². The van der Waals surface area contributed by atoms with Crippen molar-refractivity contribution in [2.75, 3.05) is 59.3 Å². The first-order valence-corrected chi connectivity index (χ1v) is 24.1. The molecule has 7 rings (SSSR count). The van der Waals surface area contributed by atoms with Gasteiger partial charge in [-0.2, -0.15) is 0 Å². The number of β-amino-alcohol motifs (C(OH)–C–C–N with tert-alkyl or cyclic N) is 1. The molecule has 6 aromatic rings. The maximum atomic E-state index is 13.7. The van der Waals surface area contributed by atoms with Crippen molar-refractivity contribution in [2.45, 2.75) is 65.3 Å². The van der Waals surface area contributed by atoms with Gasteiger partial charge < -0.3 is 44.5 Å². The van der Waals surface area contributed by atoms with E-state index < -0.39 is 12.1 Å². The number of thiophene rings is 1. The Balaban J connectivity index is 0.766. The lowest BCUT2D eigenvalue weighted by Gasteiger charge is -2.36. The molecule has 356 valence electrons. The normalized spacial score (nSPS) is 16.2. The van der Waals surface area contributed by atoms with Crippen molar-refractivity contribution in [3.8, 4) is 43.9 Å². The number of aliphatic hydroxyl groups excluding tert-OH is 1. The highest BCUT2D eigenvalue weighted by Crippen LogP contribution is 2.47. The van der Waals surface area contributed by atoms with Gasteiger partial charge in [0.2, 0.25) is 11.8 Å². The molecule has 1 aliphatic heterocycles. The van der Waals surface area contributed by atoms with Crippen LogP contribution in [0, 0.1) is 18.2 Å². The Morgan fingerprint density at radius 3 is 2.16 bits per heavy atom. The van der Waals surface area contributed by atoms with Gasteiger partial charge in [-0.15, -0.1) is 22.7 Å². The van der Waals surface area contributed by atoms with Crippen molar-refractivity contribution < 1.29 is 47.9 Å². The zero-order valence-electron chi connectivity index (χ0n) is 38.5. The van der Waals surface area contributed by atoms with E-state index in [1.54, 1.807) is 35.6 Å². The second-order valence-corrected chi connectivity index (χ2v) is 19.5. The van der Waals surface area contributed by atoms with Gasteiger partial charge in [0.05, 0.1) is 72.2 Å². The number of thiazole rings is 1. The van der Waals surface area contributed by atoms with Crippen LogP contribution in [0.15, 0.2) is 96.5 Å². The molecule has 0 saturated carbocycles. The van der Waals surface area contributed by atoms with E-state index in [1.807, 2.05) is 99.6 Å². The Kier molecular flexibility index (Phi) is 17.0. The predicted molar refractivity (Wildman–Crippen MR) is 260 cm³/mol. The fourth-order valence-electron chi connectivity index (χ4n) is 7.75. The maximum absolute atomic E-state index is 13.7. The van der Waals surface area contributed by atoms with Gasteiger partial charge in [0, 0.05) is 29.2 Å². The molecule has 0 unspecified atom stereocenters. The quantitative estimate of drug-likeness (QED) is 0.0481.